The molecule has 0 aliphatic heterocycles. The molecule has 1 aliphatic rings. The van der Waals surface area contributed by atoms with E-state index in [0.717, 1.165) is 17.3 Å². The molecule has 108 valence electrons. The number of benzene rings is 2. The Morgan fingerprint density at radius 2 is 2.14 bits per heavy atom. The fourth-order valence-corrected chi connectivity index (χ4v) is 3.44. The Bertz CT molecular complexity index is 721. The number of fused-ring (bicyclic) bond motifs is 1. The molecule has 0 bridgehead atoms. The summed E-state index contributed by atoms with van der Waals surface area (Å²) in [4.78, 5) is 10.5. The van der Waals surface area contributed by atoms with Crippen molar-refractivity contribution in [2.75, 3.05) is 5.32 Å². The van der Waals surface area contributed by atoms with E-state index < -0.39 is 4.92 Å². The van der Waals surface area contributed by atoms with Crippen molar-refractivity contribution in [3.05, 3.63) is 67.1 Å². The molecule has 0 fully saturated rings. The highest BCUT2D eigenvalue weighted by Crippen LogP contribution is 2.39. The molecule has 1 N–H and O–H groups in total. The van der Waals surface area contributed by atoms with Gasteiger partial charge in [-0.15, -0.1) is 0 Å². The minimum absolute atomic E-state index is 0.0364. The summed E-state index contributed by atoms with van der Waals surface area (Å²) in [6, 6.07) is 10.7. The number of hydrogen-bond donors (Lipinski definition) is 1. The van der Waals surface area contributed by atoms with Crippen LogP contribution >= 0.6 is 27.5 Å². The molecular formula is C15H12BrClN2O2. The van der Waals surface area contributed by atoms with E-state index in [1.807, 2.05) is 12.1 Å². The summed E-state index contributed by atoms with van der Waals surface area (Å²) in [5.74, 6) is 0. The molecule has 0 heterocycles. The molecular weight excluding hydrogens is 356 g/mol. The predicted molar refractivity (Wildman–Crippen MR) is 86.9 cm³/mol. The second-order valence-electron chi connectivity index (χ2n) is 4.96. The normalized spacial score (nSPS) is 16.6. The summed E-state index contributed by atoms with van der Waals surface area (Å²) in [7, 11) is 0. The molecule has 2 aromatic rings. The third-order valence-electron chi connectivity index (χ3n) is 3.70. The quantitative estimate of drug-likeness (QED) is 0.606. The van der Waals surface area contributed by atoms with Gasteiger partial charge in [-0.25, -0.2) is 0 Å². The van der Waals surface area contributed by atoms with Crippen LogP contribution < -0.4 is 5.32 Å². The van der Waals surface area contributed by atoms with E-state index >= 15 is 0 Å². The van der Waals surface area contributed by atoms with E-state index in [4.69, 9.17) is 11.6 Å². The van der Waals surface area contributed by atoms with Gasteiger partial charge in [-0.1, -0.05) is 39.7 Å². The molecule has 4 nitrogen and oxygen atoms in total. The fraction of sp³-hybridized carbons (Fsp3) is 0.200. The number of rotatable bonds is 3. The van der Waals surface area contributed by atoms with Crippen molar-refractivity contribution in [3.8, 4) is 0 Å². The summed E-state index contributed by atoms with van der Waals surface area (Å²) in [6.07, 6.45) is 1.91. The first kappa shape index (κ1) is 14.4. The molecule has 1 unspecified atom stereocenters. The lowest BCUT2D eigenvalue weighted by Gasteiger charge is -2.16. The van der Waals surface area contributed by atoms with Gasteiger partial charge < -0.3 is 5.32 Å². The lowest BCUT2D eigenvalue weighted by atomic mass is 10.1. The Labute approximate surface area is 135 Å². The van der Waals surface area contributed by atoms with Gasteiger partial charge in [0, 0.05) is 16.6 Å². The van der Waals surface area contributed by atoms with Crippen LogP contribution in [0.15, 0.2) is 40.9 Å². The van der Waals surface area contributed by atoms with Crippen LogP contribution in [0.4, 0.5) is 11.4 Å². The Balaban J connectivity index is 1.91. The van der Waals surface area contributed by atoms with Crippen molar-refractivity contribution in [1.82, 2.24) is 0 Å². The van der Waals surface area contributed by atoms with Crippen molar-refractivity contribution < 1.29 is 4.92 Å². The second-order valence-corrected chi connectivity index (χ2v) is 6.23. The first-order valence-corrected chi connectivity index (χ1v) is 7.71. The van der Waals surface area contributed by atoms with Gasteiger partial charge in [-0.3, -0.25) is 10.1 Å². The van der Waals surface area contributed by atoms with Crippen molar-refractivity contribution >= 4 is 38.9 Å². The lowest BCUT2D eigenvalue weighted by molar-refractivity contribution is -0.384. The maximum absolute atomic E-state index is 10.9. The number of hydrogen-bond acceptors (Lipinski definition) is 3. The van der Waals surface area contributed by atoms with Crippen LogP contribution in [0.3, 0.4) is 0 Å². The van der Waals surface area contributed by atoms with Crippen molar-refractivity contribution in [1.29, 1.82) is 0 Å². The highest BCUT2D eigenvalue weighted by molar-refractivity contribution is 9.10. The van der Waals surface area contributed by atoms with Crippen LogP contribution in [0, 0.1) is 10.1 Å². The van der Waals surface area contributed by atoms with E-state index in [2.05, 4.69) is 27.3 Å². The monoisotopic (exact) mass is 366 g/mol. The van der Waals surface area contributed by atoms with Crippen LogP contribution in [0.25, 0.3) is 0 Å². The third kappa shape index (κ3) is 2.76. The van der Waals surface area contributed by atoms with Gasteiger partial charge in [-0.2, -0.15) is 0 Å². The molecule has 1 atom stereocenters. The molecule has 1 aliphatic carbocycles. The first-order chi connectivity index (χ1) is 10.1. The van der Waals surface area contributed by atoms with E-state index in [0.29, 0.717) is 10.7 Å². The van der Waals surface area contributed by atoms with Gasteiger partial charge in [0.15, 0.2) is 0 Å². The molecule has 0 radical (unpaired) electrons. The van der Waals surface area contributed by atoms with E-state index in [1.165, 1.54) is 23.3 Å². The minimum atomic E-state index is -0.416. The standard InChI is InChI=1S/C15H12BrClN2O2/c16-12-3-1-2-11-10(12)5-7-14(11)18-15-8-9(19(20)21)4-6-13(15)17/h1-4,6,8,14,18H,5,7H2. The highest BCUT2D eigenvalue weighted by Gasteiger charge is 2.24. The van der Waals surface area contributed by atoms with Gasteiger partial charge in [0.05, 0.1) is 21.7 Å². The molecule has 0 aromatic heterocycles. The zero-order valence-corrected chi connectivity index (χ0v) is 13.3. The highest BCUT2D eigenvalue weighted by atomic mass is 79.9. The average molecular weight is 368 g/mol. The van der Waals surface area contributed by atoms with Crippen LogP contribution in [0.2, 0.25) is 5.02 Å². The average Bonchev–Trinajstić information content (AvgIpc) is 2.86. The molecule has 3 rings (SSSR count). The van der Waals surface area contributed by atoms with Gasteiger partial charge in [0.1, 0.15) is 0 Å². The molecule has 0 saturated carbocycles. The summed E-state index contributed by atoms with van der Waals surface area (Å²) < 4.78 is 1.11. The Morgan fingerprint density at radius 1 is 1.33 bits per heavy atom. The van der Waals surface area contributed by atoms with Gasteiger partial charge >= 0.3 is 0 Å². The number of non-ortho nitro benzene ring substituents is 1. The number of nitrogens with zero attached hydrogens (tertiary/aromatic N) is 1. The SMILES string of the molecule is O=[N+]([O-])c1ccc(Cl)c(NC2CCc3c(Br)cccc32)c1. The van der Waals surface area contributed by atoms with Crippen molar-refractivity contribution in [2.24, 2.45) is 0 Å². The van der Waals surface area contributed by atoms with Crippen LogP contribution in [-0.2, 0) is 6.42 Å². The summed E-state index contributed by atoms with van der Waals surface area (Å²) in [5.41, 5.74) is 3.14. The summed E-state index contributed by atoms with van der Waals surface area (Å²) >= 11 is 9.71. The van der Waals surface area contributed by atoms with Crippen molar-refractivity contribution in [2.45, 2.75) is 18.9 Å². The van der Waals surface area contributed by atoms with E-state index in [1.54, 1.807) is 6.07 Å². The second kappa shape index (κ2) is 5.66. The molecule has 2 aromatic carbocycles. The molecule has 0 spiro atoms. The fourth-order valence-electron chi connectivity index (χ4n) is 2.68. The maximum Gasteiger partial charge on any atom is 0.271 e. The minimum Gasteiger partial charge on any atom is -0.377 e. The lowest BCUT2D eigenvalue weighted by Crippen LogP contribution is -2.07. The van der Waals surface area contributed by atoms with Gasteiger partial charge in [0.2, 0.25) is 0 Å². The number of nitro groups is 1. The summed E-state index contributed by atoms with van der Waals surface area (Å²) in [5, 5.41) is 14.7. The van der Waals surface area contributed by atoms with E-state index in [-0.39, 0.29) is 11.7 Å². The maximum atomic E-state index is 10.9. The van der Waals surface area contributed by atoms with Gasteiger partial charge in [0.25, 0.3) is 5.69 Å². The van der Waals surface area contributed by atoms with Crippen LogP contribution in [0.5, 0.6) is 0 Å². The van der Waals surface area contributed by atoms with E-state index in [9.17, 15) is 10.1 Å². The molecule has 6 heteroatoms. The number of anilines is 1. The molecule has 0 saturated heterocycles. The Morgan fingerprint density at radius 3 is 2.90 bits per heavy atom. The smallest absolute Gasteiger partial charge is 0.271 e. The molecule has 0 amide bonds. The number of nitrogens with one attached hydrogen (secondary N) is 1. The Hall–Kier alpha value is -1.59. The zero-order valence-electron chi connectivity index (χ0n) is 11.0. The van der Waals surface area contributed by atoms with Gasteiger partial charge in [-0.05, 0) is 36.1 Å². The third-order valence-corrected chi connectivity index (χ3v) is 4.78. The first-order valence-electron chi connectivity index (χ1n) is 6.54. The zero-order chi connectivity index (χ0) is 15.0. The van der Waals surface area contributed by atoms with Crippen LogP contribution in [-0.4, -0.2) is 4.92 Å². The summed E-state index contributed by atoms with van der Waals surface area (Å²) in [6.45, 7) is 0. The predicted octanol–water partition coefficient (Wildman–Crippen LogP) is 5.11. The number of nitro benzene ring substituents is 1. The topological polar surface area (TPSA) is 55.2 Å². The van der Waals surface area contributed by atoms with Crippen molar-refractivity contribution in [3.63, 3.8) is 0 Å². The van der Waals surface area contributed by atoms with Crippen LogP contribution in [0.1, 0.15) is 23.6 Å². The number of halogens is 2. The Kier molecular flexibility index (Phi) is 3.87. The molecule has 21 heavy (non-hydrogen) atoms. The largest absolute Gasteiger partial charge is 0.377 e.